The minimum Gasteiger partial charge on any atom is -0.395 e. The van der Waals surface area contributed by atoms with E-state index >= 15 is 0 Å². The fraction of sp³-hybridized carbons (Fsp3) is 0.211. The summed E-state index contributed by atoms with van der Waals surface area (Å²) in [4.78, 5) is 0. The van der Waals surface area contributed by atoms with E-state index in [1.54, 1.807) is 0 Å². The third kappa shape index (κ3) is 3.01. The second-order valence-electron chi connectivity index (χ2n) is 5.43. The maximum absolute atomic E-state index is 8.77. The summed E-state index contributed by atoms with van der Waals surface area (Å²) in [5.74, 6) is 0. The van der Waals surface area contributed by atoms with E-state index < -0.39 is 0 Å². The summed E-state index contributed by atoms with van der Waals surface area (Å²) in [7, 11) is 0. The zero-order chi connectivity index (χ0) is 15.4. The highest BCUT2D eigenvalue weighted by Crippen LogP contribution is 2.26. The Morgan fingerprint density at radius 3 is 2.41 bits per heavy atom. The first-order valence-electron chi connectivity index (χ1n) is 7.60. The van der Waals surface area contributed by atoms with Crippen molar-refractivity contribution in [2.45, 2.75) is 6.42 Å². The second-order valence-corrected chi connectivity index (χ2v) is 5.43. The van der Waals surface area contributed by atoms with Gasteiger partial charge in [-0.3, -0.25) is 0 Å². The first-order chi connectivity index (χ1) is 10.8. The van der Waals surface area contributed by atoms with Gasteiger partial charge >= 0.3 is 0 Å². The maximum atomic E-state index is 8.77. The molecule has 0 aliphatic heterocycles. The van der Waals surface area contributed by atoms with Crippen LogP contribution in [0, 0.1) is 5.41 Å². The zero-order valence-electron chi connectivity index (χ0n) is 12.5. The molecule has 3 nitrogen and oxygen atoms in total. The number of hydrogen-bond acceptors (Lipinski definition) is 3. The van der Waals surface area contributed by atoms with E-state index in [1.165, 1.54) is 16.2 Å². The molecule has 0 unspecified atom stereocenters. The van der Waals surface area contributed by atoms with E-state index in [1.807, 2.05) is 24.3 Å². The molecule has 3 N–H and O–H groups in total. The summed E-state index contributed by atoms with van der Waals surface area (Å²) in [6.45, 7) is 1.42. The average Bonchev–Trinajstić information content (AvgIpc) is 2.56. The fourth-order valence-electron chi connectivity index (χ4n) is 2.78. The minimum atomic E-state index is 0.133. The molecule has 0 saturated carbocycles. The van der Waals surface area contributed by atoms with Gasteiger partial charge in [-0.25, -0.2) is 0 Å². The molecule has 0 aliphatic carbocycles. The van der Waals surface area contributed by atoms with Crippen LogP contribution in [0.15, 0.2) is 54.6 Å². The van der Waals surface area contributed by atoms with Gasteiger partial charge in [-0.15, -0.1) is 0 Å². The molecule has 0 radical (unpaired) electrons. The van der Waals surface area contributed by atoms with E-state index in [2.05, 4.69) is 35.6 Å². The van der Waals surface area contributed by atoms with Crippen LogP contribution >= 0.6 is 0 Å². The van der Waals surface area contributed by atoms with Crippen LogP contribution in [0.1, 0.15) is 12.0 Å². The SMILES string of the molecule is N=C(CCNCCO)c1cccc2cc3ccccc3cc12. The summed E-state index contributed by atoms with van der Waals surface area (Å²) in [5, 5.41) is 25.0. The van der Waals surface area contributed by atoms with Crippen LogP contribution in [0.5, 0.6) is 0 Å². The Hall–Kier alpha value is -2.23. The van der Waals surface area contributed by atoms with Gasteiger partial charge < -0.3 is 15.8 Å². The minimum absolute atomic E-state index is 0.133. The molecule has 0 spiro atoms. The third-order valence-corrected chi connectivity index (χ3v) is 3.91. The predicted octanol–water partition coefficient (Wildman–Crippen LogP) is 3.33. The summed E-state index contributed by atoms with van der Waals surface area (Å²) in [5.41, 5.74) is 1.63. The lowest BCUT2D eigenvalue weighted by Gasteiger charge is -2.10. The quantitative estimate of drug-likeness (QED) is 0.371. The first kappa shape index (κ1) is 14.7. The Bertz CT molecular complexity index is 811. The van der Waals surface area contributed by atoms with Gasteiger partial charge in [0.15, 0.2) is 0 Å². The molecule has 0 saturated heterocycles. The highest BCUT2D eigenvalue weighted by molar-refractivity contribution is 6.12. The lowest BCUT2D eigenvalue weighted by Crippen LogP contribution is -2.21. The Morgan fingerprint density at radius 2 is 1.64 bits per heavy atom. The lowest BCUT2D eigenvalue weighted by atomic mass is 9.96. The van der Waals surface area contributed by atoms with Gasteiger partial charge in [-0.1, -0.05) is 42.5 Å². The molecule has 22 heavy (non-hydrogen) atoms. The number of benzene rings is 3. The summed E-state index contributed by atoms with van der Waals surface area (Å²) < 4.78 is 0. The van der Waals surface area contributed by atoms with Crippen LogP contribution < -0.4 is 5.32 Å². The molecule has 0 atom stereocenters. The highest BCUT2D eigenvalue weighted by atomic mass is 16.3. The highest BCUT2D eigenvalue weighted by Gasteiger charge is 2.07. The van der Waals surface area contributed by atoms with Crippen molar-refractivity contribution >= 4 is 27.3 Å². The molecular formula is C19H20N2O. The molecule has 0 bridgehead atoms. The Kier molecular flexibility index (Phi) is 4.47. The summed E-state index contributed by atoms with van der Waals surface area (Å²) in [6.07, 6.45) is 0.659. The maximum Gasteiger partial charge on any atom is 0.0555 e. The van der Waals surface area contributed by atoms with Gasteiger partial charge in [0.25, 0.3) is 0 Å². The van der Waals surface area contributed by atoms with E-state index in [4.69, 9.17) is 10.5 Å². The zero-order valence-corrected chi connectivity index (χ0v) is 12.5. The van der Waals surface area contributed by atoms with Crippen molar-refractivity contribution in [1.82, 2.24) is 5.32 Å². The van der Waals surface area contributed by atoms with Crippen molar-refractivity contribution in [1.29, 1.82) is 5.41 Å². The van der Waals surface area contributed by atoms with E-state index in [0.29, 0.717) is 25.2 Å². The Labute approximate surface area is 130 Å². The predicted molar refractivity (Wildman–Crippen MR) is 92.9 cm³/mol. The normalized spacial score (nSPS) is 11.1. The van der Waals surface area contributed by atoms with E-state index in [9.17, 15) is 0 Å². The van der Waals surface area contributed by atoms with Crippen molar-refractivity contribution in [3.63, 3.8) is 0 Å². The molecule has 3 aromatic rings. The summed E-state index contributed by atoms with van der Waals surface area (Å²) >= 11 is 0. The van der Waals surface area contributed by atoms with Crippen LogP contribution in [-0.4, -0.2) is 30.5 Å². The van der Waals surface area contributed by atoms with E-state index in [-0.39, 0.29) is 6.61 Å². The van der Waals surface area contributed by atoms with Gasteiger partial charge in [-0.05, 0) is 33.7 Å². The molecule has 0 aliphatic rings. The number of aliphatic hydroxyl groups excluding tert-OH is 1. The van der Waals surface area contributed by atoms with Gasteiger partial charge in [-0.2, -0.15) is 0 Å². The molecule has 0 aromatic heterocycles. The lowest BCUT2D eigenvalue weighted by molar-refractivity contribution is 0.293. The standard InChI is InChI=1S/C19H20N2O/c20-19(8-9-21-10-11-22)17-7-3-6-16-12-14-4-1-2-5-15(14)13-18(16)17/h1-7,12-13,20-22H,8-11H2. The van der Waals surface area contributed by atoms with Gasteiger partial charge in [0, 0.05) is 30.8 Å². The largest absolute Gasteiger partial charge is 0.395 e. The van der Waals surface area contributed by atoms with Crippen LogP contribution in [0.3, 0.4) is 0 Å². The number of fused-ring (bicyclic) bond motifs is 2. The van der Waals surface area contributed by atoms with Crippen molar-refractivity contribution < 1.29 is 5.11 Å². The van der Waals surface area contributed by atoms with Crippen molar-refractivity contribution in [2.24, 2.45) is 0 Å². The second kappa shape index (κ2) is 6.69. The van der Waals surface area contributed by atoms with Crippen LogP contribution in [0.25, 0.3) is 21.5 Å². The fourth-order valence-corrected chi connectivity index (χ4v) is 2.78. The third-order valence-electron chi connectivity index (χ3n) is 3.91. The molecule has 3 heteroatoms. The molecule has 3 rings (SSSR count). The molecule has 0 amide bonds. The summed E-state index contributed by atoms with van der Waals surface area (Å²) in [6, 6.07) is 18.8. The van der Waals surface area contributed by atoms with Crippen LogP contribution in [-0.2, 0) is 0 Å². The van der Waals surface area contributed by atoms with Crippen molar-refractivity contribution in [2.75, 3.05) is 19.7 Å². The van der Waals surface area contributed by atoms with Crippen LogP contribution in [0.4, 0.5) is 0 Å². The first-order valence-corrected chi connectivity index (χ1v) is 7.60. The van der Waals surface area contributed by atoms with Crippen molar-refractivity contribution in [3.8, 4) is 0 Å². The number of hydrogen-bond donors (Lipinski definition) is 3. The average molecular weight is 292 g/mol. The van der Waals surface area contributed by atoms with Gasteiger partial charge in [0.1, 0.15) is 0 Å². The van der Waals surface area contributed by atoms with Crippen molar-refractivity contribution in [3.05, 3.63) is 60.2 Å². The molecular weight excluding hydrogens is 272 g/mol. The topological polar surface area (TPSA) is 56.1 Å². The molecule has 0 fully saturated rings. The monoisotopic (exact) mass is 292 g/mol. The van der Waals surface area contributed by atoms with Gasteiger partial charge in [0.2, 0.25) is 0 Å². The number of aliphatic hydroxyl groups is 1. The smallest absolute Gasteiger partial charge is 0.0555 e. The Morgan fingerprint density at radius 1 is 0.909 bits per heavy atom. The molecule has 3 aromatic carbocycles. The van der Waals surface area contributed by atoms with Crippen LogP contribution in [0.2, 0.25) is 0 Å². The van der Waals surface area contributed by atoms with Gasteiger partial charge in [0.05, 0.1) is 6.61 Å². The van der Waals surface area contributed by atoms with E-state index in [0.717, 1.165) is 10.9 Å². The number of nitrogens with one attached hydrogen (secondary N) is 2. The molecule has 112 valence electrons. The molecule has 0 heterocycles. The number of rotatable bonds is 6. The Balaban J connectivity index is 1.95.